The van der Waals surface area contributed by atoms with E-state index >= 15 is 0 Å². The molecule has 0 bridgehead atoms. The van der Waals surface area contributed by atoms with Gasteiger partial charge in [0, 0.05) is 6.04 Å². The Morgan fingerprint density at radius 3 is 2.72 bits per heavy atom. The number of halogens is 1. The summed E-state index contributed by atoms with van der Waals surface area (Å²) in [6.07, 6.45) is 4.16. The lowest BCUT2D eigenvalue weighted by Gasteiger charge is -2.28. The van der Waals surface area contributed by atoms with Crippen molar-refractivity contribution < 1.29 is 0 Å². The van der Waals surface area contributed by atoms with Gasteiger partial charge in [-0.05, 0) is 31.0 Å². The van der Waals surface area contributed by atoms with E-state index in [1.54, 1.807) is 18.2 Å². The van der Waals surface area contributed by atoms with Crippen LogP contribution in [0.2, 0.25) is 5.02 Å². The topological polar surface area (TPSA) is 59.6 Å². The zero-order chi connectivity index (χ0) is 13.0. The first-order chi connectivity index (χ1) is 8.74. The molecule has 1 fully saturated rings. The monoisotopic (exact) mass is 259 g/mol. The molecule has 2 unspecified atom stereocenters. The molecular formula is C14H14ClN3. The fourth-order valence-electron chi connectivity index (χ4n) is 2.36. The van der Waals surface area contributed by atoms with Crippen molar-refractivity contribution in [1.82, 2.24) is 0 Å². The maximum absolute atomic E-state index is 9.13. The summed E-state index contributed by atoms with van der Waals surface area (Å²) in [5.74, 6) is 0.0283. The van der Waals surface area contributed by atoms with E-state index in [0.717, 1.165) is 31.4 Å². The van der Waals surface area contributed by atoms with Crippen LogP contribution in [0.25, 0.3) is 0 Å². The van der Waals surface area contributed by atoms with Gasteiger partial charge in [-0.1, -0.05) is 24.4 Å². The highest BCUT2D eigenvalue weighted by Gasteiger charge is 2.25. The van der Waals surface area contributed by atoms with Crippen molar-refractivity contribution in [2.75, 3.05) is 5.32 Å². The molecule has 0 heterocycles. The summed E-state index contributed by atoms with van der Waals surface area (Å²) in [5, 5.41) is 21.9. The molecular weight excluding hydrogens is 246 g/mol. The Labute approximate surface area is 112 Å². The largest absolute Gasteiger partial charge is 0.380 e. The van der Waals surface area contributed by atoms with E-state index in [2.05, 4.69) is 17.5 Å². The molecule has 18 heavy (non-hydrogen) atoms. The molecule has 0 radical (unpaired) electrons. The molecule has 1 aliphatic rings. The molecule has 1 saturated carbocycles. The van der Waals surface area contributed by atoms with Crippen molar-refractivity contribution in [3.8, 4) is 12.1 Å². The number of hydrogen-bond donors (Lipinski definition) is 1. The number of rotatable bonds is 2. The lowest BCUT2D eigenvalue weighted by molar-refractivity contribution is 0.389. The zero-order valence-electron chi connectivity index (χ0n) is 9.99. The van der Waals surface area contributed by atoms with Crippen LogP contribution in [-0.2, 0) is 0 Å². The van der Waals surface area contributed by atoms with Gasteiger partial charge in [-0.2, -0.15) is 10.5 Å². The smallest absolute Gasteiger partial charge is 0.0992 e. The molecule has 0 aromatic heterocycles. The Morgan fingerprint density at radius 2 is 2.00 bits per heavy atom. The third kappa shape index (κ3) is 2.75. The van der Waals surface area contributed by atoms with Crippen LogP contribution in [-0.4, -0.2) is 6.04 Å². The Hall–Kier alpha value is -1.71. The molecule has 2 atom stereocenters. The van der Waals surface area contributed by atoms with Crippen molar-refractivity contribution in [2.45, 2.75) is 31.7 Å². The number of hydrogen-bond acceptors (Lipinski definition) is 3. The quantitative estimate of drug-likeness (QED) is 0.881. The first-order valence-electron chi connectivity index (χ1n) is 6.10. The Kier molecular flexibility index (Phi) is 4.07. The van der Waals surface area contributed by atoms with Crippen LogP contribution in [0.4, 0.5) is 5.69 Å². The van der Waals surface area contributed by atoms with Gasteiger partial charge in [0.05, 0.1) is 34.3 Å². The van der Waals surface area contributed by atoms with Gasteiger partial charge in [0.2, 0.25) is 0 Å². The maximum atomic E-state index is 9.13. The minimum absolute atomic E-state index is 0.0283. The van der Waals surface area contributed by atoms with Crippen LogP contribution in [0.15, 0.2) is 18.2 Å². The van der Waals surface area contributed by atoms with E-state index < -0.39 is 0 Å². The third-order valence-electron chi connectivity index (χ3n) is 3.37. The molecule has 92 valence electrons. The Balaban J connectivity index is 2.18. The zero-order valence-corrected chi connectivity index (χ0v) is 10.7. The predicted octanol–water partition coefficient (Wildman–Crippen LogP) is 3.71. The van der Waals surface area contributed by atoms with Crippen LogP contribution in [0.3, 0.4) is 0 Å². The molecule has 0 amide bonds. The average molecular weight is 260 g/mol. The maximum Gasteiger partial charge on any atom is 0.0992 e. The lowest BCUT2D eigenvalue weighted by atomic mass is 9.85. The van der Waals surface area contributed by atoms with E-state index in [1.165, 1.54) is 0 Å². The second kappa shape index (κ2) is 5.76. The number of nitrogens with zero attached hydrogens (tertiary/aromatic N) is 2. The highest BCUT2D eigenvalue weighted by Crippen LogP contribution is 2.30. The molecule has 0 spiro atoms. The number of nitrogens with one attached hydrogen (secondary N) is 1. The second-order valence-electron chi connectivity index (χ2n) is 4.58. The van der Waals surface area contributed by atoms with Gasteiger partial charge in [-0.25, -0.2) is 0 Å². The molecule has 2 rings (SSSR count). The van der Waals surface area contributed by atoms with E-state index in [4.69, 9.17) is 22.1 Å². The first kappa shape index (κ1) is 12.7. The molecule has 4 heteroatoms. The number of benzene rings is 1. The highest BCUT2D eigenvalue weighted by molar-refractivity contribution is 6.33. The second-order valence-corrected chi connectivity index (χ2v) is 4.98. The highest BCUT2D eigenvalue weighted by atomic mass is 35.5. The van der Waals surface area contributed by atoms with Gasteiger partial charge < -0.3 is 5.32 Å². The molecule has 1 aliphatic carbocycles. The van der Waals surface area contributed by atoms with E-state index in [-0.39, 0.29) is 12.0 Å². The van der Waals surface area contributed by atoms with Gasteiger partial charge in [-0.3, -0.25) is 0 Å². The van der Waals surface area contributed by atoms with Crippen LogP contribution >= 0.6 is 11.6 Å². The number of nitriles is 2. The minimum atomic E-state index is 0.0283. The van der Waals surface area contributed by atoms with Gasteiger partial charge >= 0.3 is 0 Å². The van der Waals surface area contributed by atoms with Gasteiger partial charge in [-0.15, -0.1) is 0 Å². The van der Waals surface area contributed by atoms with Crippen molar-refractivity contribution in [1.29, 1.82) is 10.5 Å². The van der Waals surface area contributed by atoms with Gasteiger partial charge in [0.15, 0.2) is 0 Å². The summed E-state index contributed by atoms with van der Waals surface area (Å²) < 4.78 is 0. The van der Waals surface area contributed by atoms with Crippen molar-refractivity contribution >= 4 is 17.3 Å². The molecule has 1 N–H and O–H groups in total. The molecule has 3 nitrogen and oxygen atoms in total. The predicted molar refractivity (Wildman–Crippen MR) is 71.1 cm³/mol. The first-order valence-corrected chi connectivity index (χ1v) is 6.48. The van der Waals surface area contributed by atoms with Crippen molar-refractivity contribution in [3.05, 3.63) is 28.8 Å². The molecule has 0 saturated heterocycles. The Morgan fingerprint density at radius 1 is 1.22 bits per heavy atom. The van der Waals surface area contributed by atoms with E-state index in [9.17, 15) is 0 Å². The standard InChI is InChI=1S/C14H14ClN3/c15-12-6-5-10(8-16)7-14(12)18-13-4-2-1-3-11(13)9-17/h5-7,11,13,18H,1-4H2. The molecule has 1 aromatic rings. The molecule has 0 aliphatic heterocycles. The summed E-state index contributed by atoms with van der Waals surface area (Å²) >= 11 is 6.11. The van der Waals surface area contributed by atoms with E-state index in [1.807, 2.05) is 0 Å². The lowest BCUT2D eigenvalue weighted by Crippen LogP contribution is -2.31. The average Bonchev–Trinajstić information content (AvgIpc) is 2.42. The van der Waals surface area contributed by atoms with Crippen LogP contribution in [0, 0.1) is 28.6 Å². The fourth-order valence-corrected chi connectivity index (χ4v) is 2.54. The Bertz CT molecular complexity index is 513. The summed E-state index contributed by atoms with van der Waals surface area (Å²) in [4.78, 5) is 0. The van der Waals surface area contributed by atoms with Crippen LogP contribution in [0.5, 0.6) is 0 Å². The summed E-state index contributed by atoms with van der Waals surface area (Å²) in [7, 11) is 0. The van der Waals surface area contributed by atoms with Gasteiger partial charge in [0.25, 0.3) is 0 Å². The summed E-state index contributed by atoms with van der Waals surface area (Å²) in [6, 6.07) is 9.73. The third-order valence-corrected chi connectivity index (χ3v) is 3.70. The SMILES string of the molecule is N#Cc1ccc(Cl)c(NC2CCCCC2C#N)c1. The van der Waals surface area contributed by atoms with Crippen molar-refractivity contribution in [2.24, 2.45) is 5.92 Å². The fraction of sp³-hybridized carbons (Fsp3) is 0.429. The summed E-state index contributed by atoms with van der Waals surface area (Å²) in [6.45, 7) is 0. The summed E-state index contributed by atoms with van der Waals surface area (Å²) in [5.41, 5.74) is 1.33. The number of anilines is 1. The van der Waals surface area contributed by atoms with Crippen LogP contribution in [0.1, 0.15) is 31.2 Å². The van der Waals surface area contributed by atoms with Crippen LogP contribution < -0.4 is 5.32 Å². The normalized spacial score (nSPS) is 22.8. The molecule has 1 aromatic carbocycles. The minimum Gasteiger partial charge on any atom is -0.380 e. The van der Waals surface area contributed by atoms with Gasteiger partial charge in [0.1, 0.15) is 0 Å². The van der Waals surface area contributed by atoms with E-state index in [0.29, 0.717) is 10.6 Å². The van der Waals surface area contributed by atoms with Crippen molar-refractivity contribution in [3.63, 3.8) is 0 Å².